The van der Waals surface area contributed by atoms with Gasteiger partial charge in [-0.1, -0.05) is 130 Å². The summed E-state index contributed by atoms with van der Waals surface area (Å²) in [6.45, 7) is 11.3. The van der Waals surface area contributed by atoms with Crippen LogP contribution in [0.1, 0.15) is 156 Å². The van der Waals surface area contributed by atoms with Crippen LogP contribution in [-0.2, 0) is 13.9 Å². The van der Waals surface area contributed by atoms with Crippen LogP contribution < -0.4 is 5.32 Å². The molecule has 1 amide bonds. The first-order valence-electron chi connectivity index (χ1n) is 14.7. The molecule has 0 aliphatic rings. The van der Waals surface area contributed by atoms with Crippen molar-refractivity contribution in [2.24, 2.45) is 0 Å². The summed E-state index contributed by atoms with van der Waals surface area (Å²) in [6.07, 6.45) is 25.0. The van der Waals surface area contributed by atoms with Gasteiger partial charge in [-0.3, -0.25) is 9.36 Å². The summed E-state index contributed by atoms with van der Waals surface area (Å²) in [4.78, 5) is 12.0. The summed E-state index contributed by atoms with van der Waals surface area (Å²) in [5.41, 5.74) is 0. The van der Waals surface area contributed by atoms with Gasteiger partial charge in [0.05, 0.1) is 6.61 Å². The van der Waals surface area contributed by atoms with Crippen molar-refractivity contribution in [1.29, 1.82) is 0 Å². The van der Waals surface area contributed by atoms with E-state index in [1.165, 1.54) is 89.9 Å². The molecule has 34 heavy (non-hydrogen) atoms. The maximum absolute atomic E-state index is 12.4. The average Bonchev–Trinajstić information content (AvgIpc) is 2.77. The highest BCUT2D eigenvalue weighted by Crippen LogP contribution is 2.55. The summed E-state index contributed by atoms with van der Waals surface area (Å²) in [5, 5.41) is 2.76. The minimum atomic E-state index is -2.54. The van der Waals surface area contributed by atoms with Crippen LogP contribution in [0.3, 0.4) is 0 Å². The highest BCUT2D eigenvalue weighted by atomic mass is 31.2. The molecule has 5 heteroatoms. The van der Waals surface area contributed by atoms with E-state index in [0.717, 1.165) is 38.6 Å². The lowest BCUT2D eigenvalue weighted by atomic mass is 10.0. The van der Waals surface area contributed by atoms with Gasteiger partial charge in [0, 0.05) is 24.8 Å². The van der Waals surface area contributed by atoms with E-state index in [0.29, 0.717) is 13.0 Å². The van der Waals surface area contributed by atoms with Crippen molar-refractivity contribution < 1.29 is 13.9 Å². The van der Waals surface area contributed by atoms with Crippen LogP contribution in [0.25, 0.3) is 0 Å². The van der Waals surface area contributed by atoms with Gasteiger partial charge in [-0.05, 0) is 19.3 Å². The summed E-state index contributed by atoms with van der Waals surface area (Å²) in [7, 11) is -2.54. The number of nitrogens with one attached hydrogen (secondary N) is 1. The van der Waals surface area contributed by atoms with Gasteiger partial charge in [-0.25, -0.2) is 0 Å². The first-order chi connectivity index (χ1) is 16.2. The molecule has 0 aliphatic carbocycles. The quantitative estimate of drug-likeness (QED) is 0.106. The number of hydrogen-bond acceptors (Lipinski definition) is 3. The molecule has 1 unspecified atom stereocenters. The first kappa shape index (κ1) is 33.7. The summed E-state index contributed by atoms with van der Waals surface area (Å²) in [5.74, 6) is 0.204. The molecular formula is C29H60NO3P. The average molecular weight is 502 g/mol. The van der Waals surface area contributed by atoms with E-state index >= 15 is 0 Å². The highest BCUT2D eigenvalue weighted by Gasteiger charge is 2.32. The number of rotatable bonds is 24. The van der Waals surface area contributed by atoms with Crippen LogP contribution in [0.5, 0.6) is 0 Å². The second kappa shape index (κ2) is 21.9. The highest BCUT2D eigenvalue weighted by molar-refractivity contribution is 7.59. The second-order valence-electron chi connectivity index (χ2n) is 11.3. The molecule has 0 saturated heterocycles. The molecule has 0 fully saturated rings. The third-order valence-electron chi connectivity index (χ3n) is 6.96. The Morgan fingerprint density at radius 1 is 0.676 bits per heavy atom. The van der Waals surface area contributed by atoms with Gasteiger partial charge in [-0.2, -0.15) is 0 Å². The molecule has 1 atom stereocenters. The molecule has 0 spiro atoms. The van der Waals surface area contributed by atoms with Crippen LogP contribution in [-0.4, -0.2) is 30.9 Å². The number of amides is 1. The molecule has 0 aliphatic heterocycles. The normalized spacial score (nSPS) is 13.7. The fourth-order valence-electron chi connectivity index (χ4n) is 3.99. The van der Waals surface area contributed by atoms with Crippen molar-refractivity contribution in [3.05, 3.63) is 0 Å². The third kappa shape index (κ3) is 21.0. The first-order valence-corrected chi connectivity index (χ1v) is 16.8. The molecule has 0 aromatic rings. The smallest absolute Gasteiger partial charge is 0.219 e. The van der Waals surface area contributed by atoms with E-state index < -0.39 is 7.37 Å². The van der Waals surface area contributed by atoms with E-state index in [-0.39, 0.29) is 11.1 Å². The molecule has 0 aromatic carbocycles. The summed E-state index contributed by atoms with van der Waals surface area (Å²) < 4.78 is 18.1. The Balaban J connectivity index is 3.31. The third-order valence-corrected chi connectivity index (χ3v) is 10.1. The SMILES string of the molecule is CCCCCCCCCCCCCCCCCC(=O)NCCCCCCOP(C)(=O)C(C)(C)C. The molecular weight excluding hydrogens is 441 g/mol. The van der Waals surface area contributed by atoms with Crippen molar-refractivity contribution >= 4 is 13.3 Å². The summed E-state index contributed by atoms with van der Waals surface area (Å²) >= 11 is 0. The largest absolute Gasteiger partial charge is 0.356 e. The lowest BCUT2D eigenvalue weighted by Crippen LogP contribution is -2.23. The second-order valence-corrected chi connectivity index (χ2v) is 14.6. The van der Waals surface area contributed by atoms with Crippen molar-refractivity contribution in [2.75, 3.05) is 19.8 Å². The Morgan fingerprint density at radius 2 is 1.09 bits per heavy atom. The van der Waals surface area contributed by atoms with Crippen molar-refractivity contribution in [1.82, 2.24) is 5.32 Å². The van der Waals surface area contributed by atoms with E-state index in [1.807, 2.05) is 20.8 Å². The zero-order chi connectivity index (χ0) is 25.5. The number of carbonyl (C=O) groups excluding carboxylic acids is 1. The fraction of sp³-hybridized carbons (Fsp3) is 0.966. The summed E-state index contributed by atoms with van der Waals surface area (Å²) in [6, 6.07) is 0. The maximum atomic E-state index is 12.4. The van der Waals surface area contributed by atoms with Crippen LogP contribution in [0.2, 0.25) is 0 Å². The maximum Gasteiger partial charge on any atom is 0.219 e. The van der Waals surface area contributed by atoms with Crippen LogP contribution in [0.4, 0.5) is 0 Å². The van der Waals surface area contributed by atoms with Gasteiger partial charge in [0.15, 0.2) is 0 Å². The minimum absolute atomic E-state index is 0.204. The molecule has 0 bridgehead atoms. The molecule has 0 radical (unpaired) electrons. The van der Waals surface area contributed by atoms with E-state index in [4.69, 9.17) is 4.52 Å². The predicted octanol–water partition coefficient (Wildman–Crippen LogP) is 9.65. The Bertz CT molecular complexity index is 516. The number of carbonyl (C=O) groups is 1. The van der Waals surface area contributed by atoms with Crippen LogP contribution in [0, 0.1) is 0 Å². The molecule has 0 rings (SSSR count). The molecule has 1 N–H and O–H groups in total. The molecule has 0 aromatic heterocycles. The molecule has 0 heterocycles. The molecule has 204 valence electrons. The topological polar surface area (TPSA) is 55.4 Å². The predicted molar refractivity (Wildman–Crippen MR) is 150 cm³/mol. The number of hydrogen-bond donors (Lipinski definition) is 1. The molecule has 4 nitrogen and oxygen atoms in total. The van der Waals surface area contributed by atoms with Crippen molar-refractivity contribution in [2.45, 2.75) is 161 Å². The zero-order valence-corrected chi connectivity index (χ0v) is 24.6. The van der Waals surface area contributed by atoms with Crippen LogP contribution >= 0.6 is 7.37 Å². The van der Waals surface area contributed by atoms with Gasteiger partial charge in [0.25, 0.3) is 0 Å². The zero-order valence-electron chi connectivity index (χ0n) is 23.7. The lowest BCUT2D eigenvalue weighted by molar-refractivity contribution is -0.121. The van der Waals surface area contributed by atoms with Crippen molar-refractivity contribution in [3.8, 4) is 0 Å². The van der Waals surface area contributed by atoms with Gasteiger partial charge in [-0.15, -0.1) is 0 Å². The van der Waals surface area contributed by atoms with Crippen molar-refractivity contribution in [3.63, 3.8) is 0 Å². The van der Waals surface area contributed by atoms with E-state index in [1.54, 1.807) is 6.66 Å². The lowest BCUT2D eigenvalue weighted by Gasteiger charge is -2.27. The van der Waals surface area contributed by atoms with E-state index in [9.17, 15) is 9.36 Å². The van der Waals surface area contributed by atoms with Gasteiger partial charge in [0.1, 0.15) is 0 Å². The Labute approximate surface area is 213 Å². The monoisotopic (exact) mass is 501 g/mol. The minimum Gasteiger partial charge on any atom is -0.356 e. The fourth-order valence-corrected chi connectivity index (χ4v) is 4.85. The standard InChI is InChI=1S/C29H60NO3P/c1-6-7-8-9-10-11-12-13-14-15-16-17-18-19-22-25-28(31)30-26-23-20-21-24-27-33-34(5,32)29(2,3)4/h6-27H2,1-5H3,(H,30,31). The van der Waals surface area contributed by atoms with Crippen LogP contribution in [0.15, 0.2) is 0 Å². The Hall–Kier alpha value is -0.340. The molecule has 0 saturated carbocycles. The Kier molecular flexibility index (Phi) is 21.7. The van der Waals surface area contributed by atoms with Gasteiger partial charge in [0.2, 0.25) is 13.3 Å². The Morgan fingerprint density at radius 3 is 1.56 bits per heavy atom. The number of unbranched alkanes of at least 4 members (excludes halogenated alkanes) is 17. The van der Waals surface area contributed by atoms with Gasteiger partial charge >= 0.3 is 0 Å². The van der Waals surface area contributed by atoms with E-state index in [2.05, 4.69) is 12.2 Å². The van der Waals surface area contributed by atoms with Gasteiger partial charge < -0.3 is 9.84 Å².